The van der Waals surface area contributed by atoms with Crippen molar-refractivity contribution in [1.82, 2.24) is 4.98 Å². The van der Waals surface area contributed by atoms with Gasteiger partial charge in [-0.15, -0.1) is 0 Å². The van der Waals surface area contributed by atoms with Crippen LogP contribution in [0.2, 0.25) is 0 Å². The fraction of sp³-hybridized carbons (Fsp3) is 0.500. The molecule has 2 fully saturated rings. The molecule has 0 radical (unpaired) electrons. The summed E-state index contributed by atoms with van der Waals surface area (Å²) in [6.45, 7) is 0. The van der Waals surface area contributed by atoms with Gasteiger partial charge in [0.05, 0.1) is 21.8 Å². The zero-order valence-corrected chi connectivity index (χ0v) is 13.4. The Bertz CT molecular complexity index is 667. The molecule has 5 nitrogen and oxygen atoms in total. The number of carboxylic acids is 1. The van der Waals surface area contributed by atoms with Gasteiger partial charge in [0.15, 0.2) is 5.13 Å². The quantitative estimate of drug-likeness (QED) is 0.803. The highest BCUT2D eigenvalue weighted by Gasteiger charge is 2.70. The molecule has 2 saturated carbocycles. The third kappa shape index (κ3) is 1.83. The standard InChI is InChI=1S/C14H13BrN2O3S/c15-8-5-16-13(21-8)17-11(18)9-6-1-2-7(10(9)12(19)20)14(6)3-4-14/h1-2,5-7,9-10H,3-4H2,(H,19,20)(H,16,17,18)/t6-,7+,9+,10+/m0/s1. The molecular formula is C14H13BrN2O3S. The summed E-state index contributed by atoms with van der Waals surface area (Å²) in [5.74, 6) is -2.09. The van der Waals surface area contributed by atoms with Crippen LogP contribution in [-0.2, 0) is 9.59 Å². The zero-order chi connectivity index (χ0) is 14.8. The number of carbonyl (C=O) groups is 2. The fourth-order valence-corrected chi connectivity index (χ4v) is 5.30. The lowest BCUT2D eigenvalue weighted by Gasteiger charge is -2.23. The van der Waals surface area contributed by atoms with E-state index in [2.05, 4.69) is 32.3 Å². The maximum absolute atomic E-state index is 12.6. The number of hydrogen-bond acceptors (Lipinski definition) is 4. The Kier molecular flexibility index (Phi) is 2.81. The van der Waals surface area contributed by atoms with E-state index in [1.807, 2.05) is 6.08 Å². The molecule has 0 unspecified atom stereocenters. The van der Waals surface area contributed by atoms with Gasteiger partial charge in [-0.3, -0.25) is 9.59 Å². The molecule has 4 atom stereocenters. The molecular weight excluding hydrogens is 356 g/mol. The monoisotopic (exact) mass is 368 g/mol. The topological polar surface area (TPSA) is 79.3 Å². The Morgan fingerprint density at radius 3 is 2.52 bits per heavy atom. The molecule has 0 saturated heterocycles. The van der Waals surface area contributed by atoms with Crippen molar-refractivity contribution in [3.63, 3.8) is 0 Å². The van der Waals surface area contributed by atoms with Crippen LogP contribution in [0.25, 0.3) is 0 Å². The van der Waals surface area contributed by atoms with E-state index in [-0.39, 0.29) is 23.2 Å². The second-order valence-corrected chi connectivity index (χ2v) is 8.43. The molecule has 1 aromatic heterocycles. The van der Waals surface area contributed by atoms with E-state index in [9.17, 15) is 14.7 Å². The number of aromatic nitrogens is 1. The highest BCUT2D eigenvalue weighted by molar-refractivity contribution is 9.11. The number of amides is 1. The first-order chi connectivity index (χ1) is 10.0. The third-order valence-electron chi connectivity index (χ3n) is 5.14. The van der Waals surface area contributed by atoms with Crippen LogP contribution < -0.4 is 5.32 Å². The van der Waals surface area contributed by atoms with E-state index in [1.165, 1.54) is 11.3 Å². The summed E-state index contributed by atoms with van der Waals surface area (Å²) in [7, 11) is 0. The van der Waals surface area contributed by atoms with Crippen LogP contribution in [0.5, 0.6) is 0 Å². The predicted octanol–water partition coefficient (Wildman–Crippen LogP) is 2.76. The first kappa shape index (κ1) is 13.5. The number of thiazole rings is 1. The molecule has 0 aliphatic heterocycles. The number of hydrogen-bond donors (Lipinski definition) is 2. The lowest BCUT2D eigenvalue weighted by Crippen LogP contribution is -2.36. The lowest BCUT2D eigenvalue weighted by atomic mass is 9.82. The van der Waals surface area contributed by atoms with Crippen LogP contribution >= 0.6 is 27.3 Å². The second-order valence-electron chi connectivity index (χ2n) is 6.02. The zero-order valence-electron chi connectivity index (χ0n) is 11.0. The number of allylic oxidation sites excluding steroid dienone is 2. The Morgan fingerprint density at radius 1 is 1.33 bits per heavy atom. The Balaban J connectivity index is 1.62. The third-order valence-corrected chi connectivity index (χ3v) is 6.53. The Labute approximate surface area is 133 Å². The molecule has 7 heteroatoms. The normalized spacial score (nSPS) is 34.3. The highest BCUT2D eigenvalue weighted by Crippen LogP contribution is 2.72. The molecule has 110 valence electrons. The van der Waals surface area contributed by atoms with Gasteiger partial charge >= 0.3 is 5.97 Å². The van der Waals surface area contributed by atoms with Gasteiger partial charge in [0.25, 0.3) is 0 Å². The van der Waals surface area contributed by atoms with Gasteiger partial charge in [-0.05, 0) is 46.0 Å². The first-order valence-electron chi connectivity index (χ1n) is 6.86. The van der Waals surface area contributed by atoms with Crippen LogP contribution in [0, 0.1) is 29.1 Å². The van der Waals surface area contributed by atoms with Crippen LogP contribution in [0.4, 0.5) is 5.13 Å². The smallest absolute Gasteiger partial charge is 0.307 e. The summed E-state index contributed by atoms with van der Waals surface area (Å²) in [5.41, 5.74) is 0.0501. The minimum atomic E-state index is -0.862. The second kappa shape index (κ2) is 4.39. The number of nitrogens with zero attached hydrogens (tertiary/aromatic N) is 1. The number of nitrogens with one attached hydrogen (secondary N) is 1. The van der Waals surface area contributed by atoms with Crippen molar-refractivity contribution < 1.29 is 14.7 Å². The van der Waals surface area contributed by atoms with Gasteiger partial charge in [-0.25, -0.2) is 4.98 Å². The molecule has 1 aromatic rings. The maximum atomic E-state index is 12.6. The van der Waals surface area contributed by atoms with Crippen LogP contribution in [0.1, 0.15) is 12.8 Å². The minimum absolute atomic E-state index is 0.0128. The number of anilines is 1. The molecule has 1 amide bonds. The Morgan fingerprint density at radius 2 is 2.00 bits per heavy atom. The lowest BCUT2D eigenvalue weighted by molar-refractivity contribution is -0.146. The molecule has 3 aliphatic rings. The molecule has 3 aliphatic carbocycles. The van der Waals surface area contributed by atoms with Crippen LogP contribution in [0.3, 0.4) is 0 Å². The SMILES string of the molecule is O=C(O)[C@H]1[C@H](C(=O)Nc2ncc(Br)s2)[C@@H]2C=C[C@H]1C21CC1. The van der Waals surface area contributed by atoms with Gasteiger partial charge in [0.2, 0.25) is 5.91 Å². The van der Waals surface area contributed by atoms with E-state index in [4.69, 9.17) is 0 Å². The molecule has 21 heavy (non-hydrogen) atoms. The van der Waals surface area contributed by atoms with Gasteiger partial charge in [-0.1, -0.05) is 23.5 Å². The van der Waals surface area contributed by atoms with Gasteiger partial charge < -0.3 is 10.4 Å². The molecule has 2 bridgehead atoms. The molecule has 2 N–H and O–H groups in total. The van der Waals surface area contributed by atoms with E-state index >= 15 is 0 Å². The van der Waals surface area contributed by atoms with Crippen LogP contribution in [0.15, 0.2) is 22.1 Å². The largest absolute Gasteiger partial charge is 0.481 e. The number of carboxylic acid groups (broad SMARTS) is 1. The van der Waals surface area contributed by atoms with Gasteiger partial charge in [0.1, 0.15) is 0 Å². The van der Waals surface area contributed by atoms with Crippen molar-refractivity contribution in [2.75, 3.05) is 5.32 Å². The summed E-state index contributed by atoms with van der Waals surface area (Å²) in [6, 6.07) is 0. The van der Waals surface area contributed by atoms with Crippen molar-refractivity contribution in [3.05, 3.63) is 22.1 Å². The van der Waals surface area contributed by atoms with E-state index < -0.39 is 17.8 Å². The van der Waals surface area contributed by atoms with Crippen molar-refractivity contribution in [2.24, 2.45) is 29.1 Å². The summed E-state index contributed by atoms with van der Waals surface area (Å²) in [5, 5.41) is 12.8. The van der Waals surface area contributed by atoms with Crippen LogP contribution in [-0.4, -0.2) is 22.0 Å². The average Bonchev–Trinajstić information content (AvgIpc) is 2.93. The highest BCUT2D eigenvalue weighted by atomic mass is 79.9. The summed E-state index contributed by atoms with van der Waals surface area (Å²) in [4.78, 5) is 28.3. The summed E-state index contributed by atoms with van der Waals surface area (Å²) < 4.78 is 0.832. The fourth-order valence-electron chi connectivity index (χ4n) is 4.19. The Hall–Kier alpha value is -1.21. The van der Waals surface area contributed by atoms with Crippen molar-refractivity contribution in [2.45, 2.75) is 12.8 Å². The van der Waals surface area contributed by atoms with E-state index in [0.29, 0.717) is 5.13 Å². The number of aliphatic carboxylic acids is 1. The maximum Gasteiger partial charge on any atom is 0.307 e. The molecule has 0 aromatic carbocycles. The number of carbonyl (C=O) groups excluding carboxylic acids is 1. The predicted molar refractivity (Wildman–Crippen MR) is 80.8 cm³/mol. The molecule has 1 heterocycles. The molecule has 1 spiro atoms. The van der Waals surface area contributed by atoms with E-state index in [1.54, 1.807) is 6.20 Å². The number of rotatable bonds is 3. The minimum Gasteiger partial charge on any atom is -0.481 e. The van der Waals surface area contributed by atoms with Crippen molar-refractivity contribution in [3.8, 4) is 0 Å². The van der Waals surface area contributed by atoms with Crippen molar-refractivity contribution in [1.29, 1.82) is 0 Å². The van der Waals surface area contributed by atoms with Gasteiger partial charge in [0, 0.05) is 0 Å². The van der Waals surface area contributed by atoms with Crippen molar-refractivity contribution >= 4 is 44.3 Å². The number of halogens is 1. The summed E-state index contributed by atoms with van der Waals surface area (Å²) >= 11 is 4.63. The molecule has 4 rings (SSSR count). The van der Waals surface area contributed by atoms with Gasteiger partial charge in [-0.2, -0.15) is 0 Å². The average molecular weight is 369 g/mol. The summed E-state index contributed by atoms with van der Waals surface area (Å²) in [6.07, 6.45) is 7.76. The van der Waals surface area contributed by atoms with E-state index in [0.717, 1.165) is 16.6 Å². The first-order valence-corrected chi connectivity index (χ1v) is 8.47.